The number of nitrogens with one attached hydrogen (secondary N) is 1. The lowest BCUT2D eigenvalue weighted by atomic mass is 10.2. The van der Waals surface area contributed by atoms with E-state index in [1.165, 1.54) is 22.0 Å². The third kappa shape index (κ3) is 3.73. The van der Waals surface area contributed by atoms with Gasteiger partial charge in [-0.1, -0.05) is 24.3 Å². The second kappa shape index (κ2) is 8.05. The monoisotopic (exact) mass is 405 g/mol. The minimum atomic E-state index is 0.128. The van der Waals surface area contributed by atoms with Crippen LogP contribution in [0.25, 0.3) is 15.8 Å². The number of thiazole rings is 1. The van der Waals surface area contributed by atoms with Crippen LogP contribution >= 0.6 is 11.3 Å². The predicted octanol–water partition coefficient (Wildman–Crippen LogP) is 4.74. The Kier molecular flexibility index (Phi) is 5.31. The van der Waals surface area contributed by atoms with Crippen LogP contribution in [0.5, 0.6) is 0 Å². The predicted molar refractivity (Wildman–Crippen MR) is 121 cm³/mol. The number of hydrogen-bond acceptors (Lipinski definition) is 6. The Morgan fingerprint density at radius 3 is 2.59 bits per heavy atom. The second-order valence-corrected chi connectivity index (χ2v) is 7.75. The molecule has 2 N–H and O–H groups in total. The highest BCUT2D eigenvalue weighted by Crippen LogP contribution is 2.33. The Bertz CT molecular complexity index is 1060. The zero-order valence-electron chi connectivity index (χ0n) is 16.5. The fourth-order valence-corrected chi connectivity index (χ4v) is 4.40. The number of aliphatic hydroxyl groups is 1. The van der Waals surface area contributed by atoms with Gasteiger partial charge < -0.3 is 10.0 Å². The molecule has 4 rings (SSSR count). The maximum Gasteiger partial charge on any atom is 0.155 e. The van der Waals surface area contributed by atoms with Gasteiger partial charge in [0, 0.05) is 18.8 Å². The standard InChI is InChI=1S/C22H23N5OS/c1-3-26(4-2)16-11-9-15(10-12-16)13-24-27-14-18(28)20(21(27)23)22-25-17-7-5-6-8-19(17)29-22/h5-13,23,28H,3-4,14H2,1-2H3. The van der Waals surface area contributed by atoms with Gasteiger partial charge in [-0.2, -0.15) is 5.10 Å². The Morgan fingerprint density at radius 1 is 1.17 bits per heavy atom. The van der Waals surface area contributed by atoms with Gasteiger partial charge in [-0.25, -0.2) is 9.99 Å². The highest BCUT2D eigenvalue weighted by atomic mass is 32.1. The van der Waals surface area contributed by atoms with Crippen LogP contribution < -0.4 is 4.90 Å². The van der Waals surface area contributed by atoms with Crippen LogP contribution in [0.1, 0.15) is 24.4 Å². The number of nitrogens with zero attached hydrogens (tertiary/aromatic N) is 4. The van der Waals surface area contributed by atoms with Crippen molar-refractivity contribution in [1.29, 1.82) is 5.41 Å². The molecule has 0 bridgehead atoms. The van der Waals surface area contributed by atoms with Crippen LogP contribution in [0, 0.1) is 5.41 Å². The molecule has 1 aromatic heterocycles. The molecule has 2 heterocycles. The Balaban J connectivity index is 1.50. The summed E-state index contributed by atoms with van der Waals surface area (Å²) >= 11 is 1.47. The van der Waals surface area contributed by atoms with Crippen LogP contribution in [-0.2, 0) is 0 Å². The number of hydrazone groups is 1. The van der Waals surface area contributed by atoms with Crippen molar-refractivity contribution in [3.8, 4) is 0 Å². The first-order valence-corrected chi connectivity index (χ1v) is 10.5. The van der Waals surface area contributed by atoms with Gasteiger partial charge in [-0.05, 0) is 43.7 Å². The van der Waals surface area contributed by atoms with E-state index in [1.807, 2.05) is 36.4 Å². The molecule has 3 aromatic rings. The molecule has 1 aliphatic rings. The molecule has 0 radical (unpaired) electrons. The summed E-state index contributed by atoms with van der Waals surface area (Å²) in [4.78, 5) is 6.85. The summed E-state index contributed by atoms with van der Waals surface area (Å²) in [6, 6.07) is 16.0. The van der Waals surface area contributed by atoms with Gasteiger partial charge in [0.25, 0.3) is 0 Å². The lowest BCUT2D eigenvalue weighted by Gasteiger charge is -2.20. The largest absolute Gasteiger partial charge is 0.509 e. The number of anilines is 1. The van der Waals surface area contributed by atoms with Gasteiger partial charge in [0.15, 0.2) is 5.84 Å². The molecule has 0 spiro atoms. The number of fused-ring (bicyclic) bond motifs is 1. The van der Waals surface area contributed by atoms with Gasteiger partial charge in [0.05, 0.1) is 22.0 Å². The Morgan fingerprint density at radius 2 is 1.90 bits per heavy atom. The first kappa shape index (κ1) is 19.1. The maximum atomic E-state index is 10.4. The number of hydrogen-bond donors (Lipinski definition) is 2. The number of benzene rings is 2. The van der Waals surface area contributed by atoms with Crippen molar-refractivity contribution in [3.63, 3.8) is 0 Å². The normalized spacial score (nSPS) is 14.6. The van der Waals surface area contributed by atoms with Crippen molar-refractivity contribution < 1.29 is 5.11 Å². The molecular formula is C22H23N5OS. The fourth-order valence-electron chi connectivity index (χ4n) is 3.36. The molecule has 2 aromatic carbocycles. The van der Waals surface area contributed by atoms with Gasteiger partial charge in [-0.15, -0.1) is 11.3 Å². The molecule has 0 unspecified atom stereocenters. The zero-order chi connectivity index (χ0) is 20.4. The summed E-state index contributed by atoms with van der Waals surface area (Å²) in [6.07, 6.45) is 1.72. The third-order valence-electron chi connectivity index (χ3n) is 4.96. The van der Waals surface area contributed by atoms with E-state index in [4.69, 9.17) is 5.41 Å². The van der Waals surface area contributed by atoms with Crippen molar-refractivity contribution in [2.24, 2.45) is 5.10 Å². The maximum absolute atomic E-state index is 10.4. The van der Waals surface area contributed by atoms with Gasteiger partial charge in [-0.3, -0.25) is 5.41 Å². The molecular weight excluding hydrogens is 382 g/mol. The Hall–Kier alpha value is -3.19. The average molecular weight is 406 g/mol. The average Bonchev–Trinajstić information content (AvgIpc) is 3.28. The summed E-state index contributed by atoms with van der Waals surface area (Å²) in [6.45, 7) is 6.39. The Labute approximate surface area is 173 Å². The van der Waals surface area contributed by atoms with Crippen molar-refractivity contribution >= 4 is 44.9 Å². The van der Waals surface area contributed by atoms with Crippen molar-refractivity contribution in [1.82, 2.24) is 9.99 Å². The molecule has 0 saturated carbocycles. The van der Waals surface area contributed by atoms with Gasteiger partial charge >= 0.3 is 0 Å². The van der Waals surface area contributed by atoms with Crippen LogP contribution in [0.15, 0.2) is 59.4 Å². The molecule has 29 heavy (non-hydrogen) atoms. The number of amidine groups is 1. The molecule has 0 saturated heterocycles. The van der Waals surface area contributed by atoms with E-state index in [-0.39, 0.29) is 18.1 Å². The van der Waals surface area contributed by atoms with E-state index >= 15 is 0 Å². The first-order valence-electron chi connectivity index (χ1n) is 9.64. The lowest BCUT2D eigenvalue weighted by Crippen LogP contribution is -2.21. The summed E-state index contributed by atoms with van der Waals surface area (Å²) in [5.41, 5.74) is 3.45. The molecule has 0 fully saturated rings. The van der Waals surface area contributed by atoms with Crippen LogP contribution in [0.3, 0.4) is 0 Å². The highest BCUT2D eigenvalue weighted by Gasteiger charge is 2.30. The SMILES string of the molecule is CCN(CC)c1ccc(C=NN2CC(O)=C(c3nc4ccccc4s3)C2=N)cc1. The molecule has 1 aliphatic heterocycles. The lowest BCUT2D eigenvalue weighted by molar-refractivity contribution is 0.358. The van der Waals surface area contributed by atoms with E-state index in [9.17, 15) is 5.11 Å². The third-order valence-corrected chi connectivity index (χ3v) is 6.01. The molecule has 0 aliphatic carbocycles. The van der Waals surface area contributed by atoms with E-state index < -0.39 is 0 Å². The van der Waals surface area contributed by atoms with Gasteiger partial charge in [0.1, 0.15) is 17.3 Å². The quantitative estimate of drug-likeness (QED) is 0.581. The second-order valence-electron chi connectivity index (χ2n) is 6.72. The van der Waals surface area contributed by atoms with Crippen molar-refractivity contribution in [3.05, 3.63) is 64.9 Å². The smallest absolute Gasteiger partial charge is 0.155 e. The number of para-hydroxylation sites is 1. The molecule has 148 valence electrons. The first-order chi connectivity index (χ1) is 14.1. The van der Waals surface area contributed by atoms with Crippen molar-refractivity contribution in [2.75, 3.05) is 24.5 Å². The topological polar surface area (TPSA) is 75.8 Å². The molecule has 0 atom stereocenters. The van der Waals surface area contributed by atoms with Crippen LogP contribution in [0.4, 0.5) is 5.69 Å². The molecule has 7 heteroatoms. The molecule has 6 nitrogen and oxygen atoms in total. The summed E-state index contributed by atoms with van der Waals surface area (Å²) in [5.74, 6) is 0.292. The van der Waals surface area contributed by atoms with E-state index in [0.717, 1.165) is 28.9 Å². The van der Waals surface area contributed by atoms with Crippen molar-refractivity contribution in [2.45, 2.75) is 13.8 Å². The fraction of sp³-hybridized carbons (Fsp3) is 0.227. The van der Waals surface area contributed by atoms with E-state index in [0.29, 0.717) is 10.6 Å². The van der Waals surface area contributed by atoms with Gasteiger partial charge in [0.2, 0.25) is 0 Å². The highest BCUT2D eigenvalue weighted by molar-refractivity contribution is 7.19. The number of aliphatic hydroxyl groups excluding tert-OH is 1. The summed E-state index contributed by atoms with van der Waals surface area (Å²) < 4.78 is 1.03. The van der Waals surface area contributed by atoms with Crippen LogP contribution in [0.2, 0.25) is 0 Å². The number of aromatic nitrogens is 1. The minimum absolute atomic E-state index is 0.128. The summed E-state index contributed by atoms with van der Waals surface area (Å²) in [7, 11) is 0. The van der Waals surface area contributed by atoms with E-state index in [2.05, 4.69) is 41.0 Å². The number of rotatable bonds is 6. The minimum Gasteiger partial charge on any atom is -0.509 e. The summed E-state index contributed by atoms with van der Waals surface area (Å²) in [5, 5.41) is 25.5. The van der Waals surface area contributed by atoms with Crippen LogP contribution in [-0.4, -0.2) is 46.8 Å². The zero-order valence-corrected chi connectivity index (χ0v) is 17.3. The molecule has 0 amide bonds. The van der Waals surface area contributed by atoms with E-state index in [1.54, 1.807) is 6.21 Å².